The van der Waals surface area contributed by atoms with Crippen LogP contribution in [0.1, 0.15) is 31.7 Å². The molecule has 0 spiro atoms. The van der Waals surface area contributed by atoms with Gasteiger partial charge in [0, 0.05) is 11.5 Å². The van der Waals surface area contributed by atoms with E-state index in [1.807, 2.05) is 59.3 Å². The van der Waals surface area contributed by atoms with E-state index in [0.717, 1.165) is 53.8 Å². The Labute approximate surface area is 191 Å². The third-order valence-electron chi connectivity index (χ3n) is 6.22. The van der Waals surface area contributed by atoms with Gasteiger partial charge >= 0.3 is 0 Å². The average Bonchev–Trinajstić information content (AvgIpc) is 3.26. The van der Waals surface area contributed by atoms with Gasteiger partial charge < -0.3 is 10.5 Å². The Kier molecular flexibility index (Phi) is 5.60. The summed E-state index contributed by atoms with van der Waals surface area (Å²) < 4.78 is 7.84. The van der Waals surface area contributed by atoms with Crippen LogP contribution in [0, 0.1) is 5.92 Å². The maximum Gasteiger partial charge on any atom is 0.164 e. The van der Waals surface area contributed by atoms with Crippen LogP contribution in [-0.4, -0.2) is 25.5 Å². The first-order valence-electron chi connectivity index (χ1n) is 11.1. The predicted octanol–water partition coefficient (Wildman–Crippen LogP) is 5.35. The molecule has 1 aliphatic carbocycles. The quantitative estimate of drug-likeness (QED) is 0.407. The zero-order valence-corrected chi connectivity index (χ0v) is 18.2. The number of nitrogens with two attached hydrogens (primary N) is 1. The molecule has 2 aromatic carbocycles. The SMILES string of the molecule is C=CC(=O)C1CCC[C@@H](n2nc(-c3ccc(Oc4ccccc4)cc3)c3c(N)ncnc32)C1. The Bertz CT molecular complexity index is 1300. The van der Waals surface area contributed by atoms with Crippen LogP contribution in [0.4, 0.5) is 5.82 Å². The van der Waals surface area contributed by atoms with Gasteiger partial charge in [0.1, 0.15) is 29.3 Å². The number of benzene rings is 2. The molecule has 2 atom stereocenters. The van der Waals surface area contributed by atoms with Gasteiger partial charge in [0.25, 0.3) is 0 Å². The number of ketones is 1. The summed E-state index contributed by atoms with van der Waals surface area (Å²) in [4.78, 5) is 21.0. The molecule has 1 fully saturated rings. The van der Waals surface area contributed by atoms with Crippen LogP contribution in [0.15, 0.2) is 73.6 Å². The molecule has 2 heterocycles. The largest absolute Gasteiger partial charge is 0.457 e. The molecule has 1 unspecified atom stereocenters. The van der Waals surface area contributed by atoms with E-state index in [9.17, 15) is 4.79 Å². The number of nitrogens with zero attached hydrogens (tertiary/aromatic N) is 4. The van der Waals surface area contributed by atoms with Crippen molar-refractivity contribution in [2.24, 2.45) is 5.92 Å². The Morgan fingerprint density at radius 3 is 2.58 bits per heavy atom. The standard InChI is InChI=1S/C26H25N5O2/c1-2-22(32)18-7-6-8-19(15-18)31-26-23(25(27)28-16-29-26)24(30-31)17-11-13-21(14-12-17)33-20-9-4-3-5-10-20/h2-5,9-14,16,18-19H,1,6-8,15H2,(H2,27,28,29)/t18?,19-/m1/s1. The van der Waals surface area contributed by atoms with Gasteiger partial charge in [-0.05, 0) is 61.7 Å². The molecule has 0 radical (unpaired) electrons. The summed E-state index contributed by atoms with van der Waals surface area (Å²) in [6.07, 6.45) is 6.38. The fourth-order valence-corrected chi connectivity index (χ4v) is 4.57. The zero-order valence-electron chi connectivity index (χ0n) is 18.2. The fraction of sp³-hybridized carbons (Fsp3) is 0.231. The minimum atomic E-state index is -0.0300. The van der Waals surface area contributed by atoms with Crippen LogP contribution in [-0.2, 0) is 4.79 Å². The van der Waals surface area contributed by atoms with Crippen molar-refractivity contribution in [3.63, 3.8) is 0 Å². The summed E-state index contributed by atoms with van der Waals surface area (Å²) in [5, 5.41) is 5.66. The molecule has 1 aliphatic rings. The molecule has 0 saturated heterocycles. The van der Waals surface area contributed by atoms with E-state index >= 15 is 0 Å². The van der Waals surface area contributed by atoms with E-state index < -0.39 is 0 Å². The number of allylic oxidation sites excluding steroid dienone is 1. The molecule has 5 rings (SSSR count). The molecular weight excluding hydrogens is 414 g/mol. The molecule has 7 heteroatoms. The molecule has 33 heavy (non-hydrogen) atoms. The number of fused-ring (bicyclic) bond motifs is 1. The summed E-state index contributed by atoms with van der Waals surface area (Å²) in [5.41, 5.74) is 8.59. The summed E-state index contributed by atoms with van der Waals surface area (Å²) in [5.74, 6) is 1.96. The number of hydrogen-bond acceptors (Lipinski definition) is 6. The average molecular weight is 440 g/mol. The molecule has 166 valence electrons. The van der Waals surface area contributed by atoms with E-state index in [4.69, 9.17) is 15.6 Å². The number of carbonyl (C=O) groups excluding carboxylic acids is 1. The van der Waals surface area contributed by atoms with Gasteiger partial charge in [-0.25, -0.2) is 14.6 Å². The van der Waals surface area contributed by atoms with Crippen LogP contribution in [0.25, 0.3) is 22.3 Å². The molecule has 2 N–H and O–H groups in total. The highest BCUT2D eigenvalue weighted by Crippen LogP contribution is 2.38. The van der Waals surface area contributed by atoms with Crippen molar-refractivity contribution >= 4 is 22.6 Å². The summed E-state index contributed by atoms with van der Waals surface area (Å²) in [7, 11) is 0. The lowest BCUT2D eigenvalue weighted by Gasteiger charge is -2.28. The second-order valence-corrected chi connectivity index (χ2v) is 8.31. The highest BCUT2D eigenvalue weighted by molar-refractivity contribution is 5.98. The number of ether oxygens (including phenoxy) is 1. The molecule has 4 aromatic rings. The maximum atomic E-state index is 12.2. The second kappa shape index (κ2) is 8.86. The fourth-order valence-electron chi connectivity index (χ4n) is 4.57. The third kappa shape index (κ3) is 4.09. The summed E-state index contributed by atoms with van der Waals surface area (Å²) in [6.45, 7) is 3.65. The Hall–Kier alpha value is -4.00. The first-order chi connectivity index (χ1) is 16.1. The van der Waals surface area contributed by atoms with Crippen LogP contribution in [0.2, 0.25) is 0 Å². The van der Waals surface area contributed by atoms with Crippen molar-refractivity contribution in [3.05, 3.63) is 73.6 Å². The van der Waals surface area contributed by atoms with Crippen molar-refractivity contribution in [1.29, 1.82) is 0 Å². The number of carbonyl (C=O) groups is 1. The van der Waals surface area contributed by atoms with E-state index in [1.165, 1.54) is 12.4 Å². The van der Waals surface area contributed by atoms with Gasteiger partial charge in [-0.2, -0.15) is 5.10 Å². The monoisotopic (exact) mass is 439 g/mol. The van der Waals surface area contributed by atoms with Gasteiger partial charge in [0.15, 0.2) is 11.4 Å². The van der Waals surface area contributed by atoms with E-state index in [0.29, 0.717) is 11.5 Å². The van der Waals surface area contributed by atoms with Gasteiger partial charge in [0.05, 0.1) is 11.4 Å². The van der Waals surface area contributed by atoms with Gasteiger partial charge in [-0.1, -0.05) is 31.2 Å². The highest BCUT2D eigenvalue weighted by Gasteiger charge is 2.30. The van der Waals surface area contributed by atoms with Crippen molar-refractivity contribution < 1.29 is 9.53 Å². The van der Waals surface area contributed by atoms with Crippen molar-refractivity contribution in [2.45, 2.75) is 31.7 Å². The predicted molar refractivity (Wildman–Crippen MR) is 128 cm³/mol. The lowest BCUT2D eigenvalue weighted by atomic mass is 9.83. The van der Waals surface area contributed by atoms with E-state index in [2.05, 4.69) is 16.5 Å². The topological polar surface area (TPSA) is 95.9 Å². The second-order valence-electron chi connectivity index (χ2n) is 8.31. The Morgan fingerprint density at radius 1 is 1.06 bits per heavy atom. The van der Waals surface area contributed by atoms with Crippen LogP contribution < -0.4 is 10.5 Å². The summed E-state index contributed by atoms with van der Waals surface area (Å²) >= 11 is 0. The molecule has 7 nitrogen and oxygen atoms in total. The lowest BCUT2D eigenvalue weighted by Crippen LogP contribution is -2.24. The smallest absolute Gasteiger partial charge is 0.164 e. The number of aromatic nitrogens is 4. The highest BCUT2D eigenvalue weighted by atomic mass is 16.5. The number of rotatable bonds is 6. The Morgan fingerprint density at radius 2 is 1.82 bits per heavy atom. The molecule has 0 aliphatic heterocycles. The van der Waals surface area contributed by atoms with Crippen LogP contribution in [0.3, 0.4) is 0 Å². The molecular formula is C26H25N5O2. The van der Waals surface area contributed by atoms with Crippen molar-refractivity contribution in [2.75, 3.05) is 5.73 Å². The van der Waals surface area contributed by atoms with Gasteiger partial charge in [0.2, 0.25) is 0 Å². The van der Waals surface area contributed by atoms with Crippen molar-refractivity contribution in [1.82, 2.24) is 19.7 Å². The van der Waals surface area contributed by atoms with E-state index in [1.54, 1.807) is 0 Å². The number of nitrogen functional groups attached to an aromatic ring is 1. The maximum absolute atomic E-state index is 12.2. The minimum Gasteiger partial charge on any atom is -0.457 e. The van der Waals surface area contributed by atoms with Crippen LogP contribution in [0.5, 0.6) is 11.5 Å². The van der Waals surface area contributed by atoms with Crippen LogP contribution >= 0.6 is 0 Å². The molecule has 0 amide bonds. The van der Waals surface area contributed by atoms with Gasteiger partial charge in [-0.15, -0.1) is 0 Å². The summed E-state index contributed by atoms with van der Waals surface area (Å²) in [6, 6.07) is 17.5. The number of hydrogen-bond donors (Lipinski definition) is 1. The van der Waals surface area contributed by atoms with Gasteiger partial charge in [-0.3, -0.25) is 4.79 Å². The third-order valence-corrected chi connectivity index (χ3v) is 6.22. The normalized spacial score (nSPS) is 18.2. The molecule has 0 bridgehead atoms. The molecule has 1 saturated carbocycles. The van der Waals surface area contributed by atoms with Crippen molar-refractivity contribution in [3.8, 4) is 22.8 Å². The minimum absolute atomic E-state index is 0.0300. The number of para-hydroxylation sites is 1. The first kappa shape index (κ1) is 20.9. The molecule has 2 aromatic heterocycles. The zero-order chi connectivity index (χ0) is 22.8. The Balaban J connectivity index is 1.50. The van der Waals surface area contributed by atoms with E-state index in [-0.39, 0.29) is 17.7 Å². The number of anilines is 1. The lowest BCUT2D eigenvalue weighted by molar-refractivity contribution is -0.119. The first-order valence-corrected chi connectivity index (χ1v) is 11.1.